The molecule has 2 rings (SSSR count). The van der Waals surface area contributed by atoms with Crippen molar-refractivity contribution in [3.63, 3.8) is 0 Å². The molecule has 5 heteroatoms. The van der Waals surface area contributed by atoms with Gasteiger partial charge in [0, 0.05) is 11.3 Å². The number of H-pyrrole nitrogens is 1. The zero-order valence-corrected chi connectivity index (χ0v) is 7.90. The predicted molar refractivity (Wildman–Crippen MR) is 57.0 cm³/mol. The lowest BCUT2D eigenvalue weighted by atomic mass is 10.1. The molecule has 0 aliphatic heterocycles. The van der Waals surface area contributed by atoms with E-state index in [9.17, 15) is 4.79 Å². The van der Waals surface area contributed by atoms with Crippen LogP contribution in [-0.2, 0) is 0 Å². The number of anilines is 1. The predicted octanol–water partition coefficient (Wildman–Crippen LogP) is 0.758. The van der Waals surface area contributed by atoms with Gasteiger partial charge >= 0.3 is 0 Å². The third-order valence-corrected chi connectivity index (χ3v) is 2.08. The van der Waals surface area contributed by atoms with Gasteiger partial charge in [0.2, 0.25) is 0 Å². The van der Waals surface area contributed by atoms with Crippen molar-refractivity contribution < 1.29 is 4.79 Å². The molecule has 76 valence electrons. The summed E-state index contributed by atoms with van der Waals surface area (Å²) in [6, 6.07) is 7.15. The highest BCUT2D eigenvalue weighted by Gasteiger charge is 2.11. The van der Waals surface area contributed by atoms with E-state index in [0.717, 1.165) is 5.56 Å². The van der Waals surface area contributed by atoms with Crippen molar-refractivity contribution in [1.29, 1.82) is 0 Å². The van der Waals surface area contributed by atoms with Gasteiger partial charge in [0.25, 0.3) is 5.91 Å². The number of carbonyl (C=O) groups excluding carboxylic acids is 1. The van der Waals surface area contributed by atoms with Crippen molar-refractivity contribution in [1.82, 2.24) is 10.2 Å². The Kier molecular flexibility index (Phi) is 2.13. The summed E-state index contributed by atoms with van der Waals surface area (Å²) < 4.78 is 0. The topological polar surface area (TPSA) is 97.8 Å². The number of rotatable bonds is 2. The molecule has 0 unspecified atom stereocenters. The number of nitrogens with zero attached hydrogens (tertiary/aromatic N) is 1. The van der Waals surface area contributed by atoms with Gasteiger partial charge in [-0.25, -0.2) is 0 Å². The van der Waals surface area contributed by atoms with E-state index in [1.165, 1.54) is 6.20 Å². The van der Waals surface area contributed by atoms with Crippen LogP contribution in [0.15, 0.2) is 30.5 Å². The molecular weight excluding hydrogens is 192 g/mol. The summed E-state index contributed by atoms with van der Waals surface area (Å²) >= 11 is 0. The fraction of sp³-hybridized carbons (Fsp3) is 0. The number of carbonyl (C=O) groups is 1. The van der Waals surface area contributed by atoms with Crippen molar-refractivity contribution >= 4 is 11.6 Å². The SMILES string of the molecule is NC(=O)c1cn[nH]c1-c1cccc(N)c1. The zero-order valence-electron chi connectivity index (χ0n) is 7.90. The fourth-order valence-electron chi connectivity index (χ4n) is 1.39. The van der Waals surface area contributed by atoms with Crippen LogP contribution in [0.4, 0.5) is 5.69 Å². The van der Waals surface area contributed by atoms with Gasteiger partial charge in [0.15, 0.2) is 0 Å². The Bertz CT molecular complexity index is 504. The van der Waals surface area contributed by atoms with Gasteiger partial charge in [-0.15, -0.1) is 0 Å². The Morgan fingerprint density at radius 3 is 2.87 bits per heavy atom. The smallest absolute Gasteiger partial charge is 0.252 e. The lowest BCUT2D eigenvalue weighted by Crippen LogP contribution is -2.11. The van der Waals surface area contributed by atoms with Crippen molar-refractivity contribution in [2.45, 2.75) is 0 Å². The fourth-order valence-corrected chi connectivity index (χ4v) is 1.39. The molecule has 0 radical (unpaired) electrons. The summed E-state index contributed by atoms with van der Waals surface area (Å²) in [6.07, 6.45) is 1.40. The van der Waals surface area contributed by atoms with Crippen LogP contribution in [0, 0.1) is 0 Å². The van der Waals surface area contributed by atoms with E-state index >= 15 is 0 Å². The number of hydrogen-bond donors (Lipinski definition) is 3. The number of primary amides is 1. The Morgan fingerprint density at radius 1 is 1.40 bits per heavy atom. The van der Waals surface area contributed by atoms with E-state index in [0.29, 0.717) is 16.9 Å². The number of nitrogens with one attached hydrogen (secondary N) is 1. The van der Waals surface area contributed by atoms with Gasteiger partial charge in [0.05, 0.1) is 17.5 Å². The molecular formula is C10H10N4O. The normalized spacial score (nSPS) is 10.1. The van der Waals surface area contributed by atoms with Crippen molar-refractivity contribution in [3.8, 4) is 11.3 Å². The van der Waals surface area contributed by atoms with Gasteiger partial charge < -0.3 is 11.5 Å². The lowest BCUT2D eigenvalue weighted by molar-refractivity contribution is 0.100. The number of nitrogens with two attached hydrogens (primary N) is 2. The van der Waals surface area contributed by atoms with E-state index in [-0.39, 0.29) is 0 Å². The van der Waals surface area contributed by atoms with Gasteiger partial charge in [-0.1, -0.05) is 12.1 Å². The third-order valence-electron chi connectivity index (χ3n) is 2.08. The minimum absolute atomic E-state index is 0.362. The van der Waals surface area contributed by atoms with E-state index in [2.05, 4.69) is 10.2 Å². The minimum atomic E-state index is -0.513. The highest BCUT2D eigenvalue weighted by Crippen LogP contribution is 2.22. The Hall–Kier alpha value is -2.30. The van der Waals surface area contributed by atoms with Gasteiger partial charge in [0.1, 0.15) is 0 Å². The van der Waals surface area contributed by atoms with Crippen molar-refractivity contribution in [2.24, 2.45) is 5.73 Å². The average Bonchev–Trinajstić information content (AvgIpc) is 2.65. The number of benzene rings is 1. The summed E-state index contributed by atoms with van der Waals surface area (Å²) in [7, 11) is 0. The Balaban J connectivity index is 2.54. The second kappa shape index (κ2) is 3.45. The molecule has 5 N–H and O–H groups in total. The zero-order chi connectivity index (χ0) is 10.8. The van der Waals surface area contributed by atoms with Gasteiger partial charge in [-0.05, 0) is 12.1 Å². The maximum absolute atomic E-state index is 11.1. The highest BCUT2D eigenvalue weighted by atomic mass is 16.1. The number of aromatic nitrogens is 2. The summed E-state index contributed by atoms with van der Waals surface area (Å²) in [5.41, 5.74) is 13.2. The van der Waals surface area contributed by atoms with Crippen LogP contribution in [0.2, 0.25) is 0 Å². The molecule has 5 nitrogen and oxygen atoms in total. The maximum atomic E-state index is 11.1. The van der Waals surface area contributed by atoms with E-state index in [1.54, 1.807) is 18.2 Å². The molecule has 1 aromatic carbocycles. The van der Waals surface area contributed by atoms with Crippen LogP contribution in [0.3, 0.4) is 0 Å². The molecule has 2 aromatic rings. The number of hydrogen-bond acceptors (Lipinski definition) is 3. The van der Waals surface area contributed by atoms with E-state index in [1.807, 2.05) is 6.07 Å². The van der Waals surface area contributed by atoms with Crippen molar-refractivity contribution in [2.75, 3.05) is 5.73 Å². The first-order chi connectivity index (χ1) is 7.18. The van der Waals surface area contributed by atoms with E-state index < -0.39 is 5.91 Å². The van der Waals surface area contributed by atoms with Crippen LogP contribution in [0.5, 0.6) is 0 Å². The maximum Gasteiger partial charge on any atom is 0.252 e. The Morgan fingerprint density at radius 2 is 2.20 bits per heavy atom. The molecule has 1 amide bonds. The average molecular weight is 202 g/mol. The van der Waals surface area contributed by atoms with Gasteiger partial charge in [-0.3, -0.25) is 9.89 Å². The molecule has 0 spiro atoms. The molecule has 0 aliphatic carbocycles. The first-order valence-electron chi connectivity index (χ1n) is 4.37. The first kappa shape index (κ1) is 9.26. The molecule has 0 fully saturated rings. The minimum Gasteiger partial charge on any atom is -0.399 e. The van der Waals surface area contributed by atoms with Crippen LogP contribution in [0.25, 0.3) is 11.3 Å². The molecule has 0 bridgehead atoms. The second-order valence-corrected chi connectivity index (χ2v) is 3.15. The number of aromatic amines is 1. The quantitative estimate of drug-likeness (QED) is 0.627. The van der Waals surface area contributed by atoms with E-state index in [4.69, 9.17) is 11.5 Å². The van der Waals surface area contributed by atoms with Crippen molar-refractivity contribution in [3.05, 3.63) is 36.0 Å². The first-order valence-corrected chi connectivity index (χ1v) is 4.37. The molecule has 1 aromatic heterocycles. The van der Waals surface area contributed by atoms with Gasteiger partial charge in [-0.2, -0.15) is 5.10 Å². The number of amides is 1. The molecule has 1 heterocycles. The monoisotopic (exact) mass is 202 g/mol. The molecule has 0 saturated heterocycles. The van der Waals surface area contributed by atoms with Crippen LogP contribution in [0.1, 0.15) is 10.4 Å². The highest BCUT2D eigenvalue weighted by molar-refractivity contribution is 5.98. The van der Waals surface area contributed by atoms with Crippen LogP contribution < -0.4 is 11.5 Å². The summed E-state index contributed by atoms with van der Waals surface area (Å²) in [4.78, 5) is 11.1. The number of nitrogen functional groups attached to an aromatic ring is 1. The summed E-state index contributed by atoms with van der Waals surface area (Å²) in [5, 5.41) is 6.51. The third kappa shape index (κ3) is 1.67. The molecule has 0 aliphatic rings. The summed E-state index contributed by atoms with van der Waals surface area (Å²) in [6.45, 7) is 0. The van der Waals surface area contributed by atoms with Crippen LogP contribution in [-0.4, -0.2) is 16.1 Å². The summed E-state index contributed by atoms with van der Waals surface area (Å²) in [5.74, 6) is -0.513. The second-order valence-electron chi connectivity index (χ2n) is 3.15. The lowest BCUT2D eigenvalue weighted by Gasteiger charge is -2.01. The standard InChI is InChI=1S/C10H10N4O/c11-7-3-1-2-6(4-7)9-8(10(12)15)5-13-14-9/h1-5H,11H2,(H2,12,15)(H,13,14). The molecule has 0 atom stereocenters. The largest absolute Gasteiger partial charge is 0.399 e. The van der Waals surface area contributed by atoms with Crippen LogP contribution >= 0.6 is 0 Å². The molecule has 15 heavy (non-hydrogen) atoms. The Labute approximate surface area is 86.1 Å². The molecule has 0 saturated carbocycles.